The number of nitrogens with two attached hydrogens (primary N) is 1. The van der Waals surface area contributed by atoms with Gasteiger partial charge in [0.05, 0.1) is 5.56 Å². The summed E-state index contributed by atoms with van der Waals surface area (Å²) in [6.07, 6.45) is 0. The zero-order valence-electron chi connectivity index (χ0n) is 10.6. The first-order valence-electron chi connectivity index (χ1n) is 6.03. The molecule has 0 spiro atoms. The molecule has 0 unspecified atom stereocenters. The van der Waals surface area contributed by atoms with Gasteiger partial charge >= 0.3 is 0 Å². The lowest BCUT2D eigenvalue weighted by Gasteiger charge is -2.05. The number of anilines is 1. The summed E-state index contributed by atoms with van der Waals surface area (Å²) in [6, 6.07) is 10.1. The van der Waals surface area contributed by atoms with Gasteiger partial charge in [0.25, 0.3) is 0 Å². The number of hydrogen-bond acceptors (Lipinski definition) is 3. The van der Waals surface area contributed by atoms with Crippen molar-refractivity contribution in [1.82, 2.24) is 5.16 Å². The van der Waals surface area contributed by atoms with Crippen LogP contribution in [0.4, 0.5) is 14.7 Å². The molecule has 6 heteroatoms. The van der Waals surface area contributed by atoms with Crippen molar-refractivity contribution >= 4 is 21.8 Å². The molecule has 106 valence electrons. The van der Waals surface area contributed by atoms with E-state index < -0.39 is 5.82 Å². The Kier molecular flexibility index (Phi) is 3.47. The summed E-state index contributed by atoms with van der Waals surface area (Å²) in [5.41, 5.74) is 7.84. The third kappa shape index (κ3) is 2.54. The summed E-state index contributed by atoms with van der Waals surface area (Å²) in [4.78, 5) is 0. The monoisotopic (exact) mass is 350 g/mol. The number of benzene rings is 2. The summed E-state index contributed by atoms with van der Waals surface area (Å²) < 4.78 is 32.1. The second kappa shape index (κ2) is 5.29. The second-order valence-electron chi connectivity index (χ2n) is 4.40. The fraction of sp³-hybridized carbons (Fsp3) is 0. The maximum atomic E-state index is 13.4. The van der Waals surface area contributed by atoms with Crippen LogP contribution < -0.4 is 5.73 Å². The molecular formula is C15H9BrF2N2O. The normalized spacial score (nSPS) is 10.8. The van der Waals surface area contributed by atoms with E-state index in [2.05, 4.69) is 21.1 Å². The molecule has 1 heterocycles. The smallest absolute Gasteiger partial charge is 0.230 e. The number of aromatic nitrogens is 1. The summed E-state index contributed by atoms with van der Waals surface area (Å²) in [5, 5.41) is 3.91. The van der Waals surface area contributed by atoms with E-state index >= 15 is 0 Å². The van der Waals surface area contributed by atoms with Crippen molar-refractivity contribution in [2.75, 3.05) is 5.73 Å². The largest absolute Gasteiger partial charge is 0.367 e. The Morgan fingerprint density at radius 1 is 1.05 bits per heavy atom. The lowest BCUT2D eigenvalue weighted by atomic mass is 10.0. The van der Waals surface area contributed by atoms with Crippen molar-refractivity contribution in [2.45, 2.75) is 0 Å². The Bertz CT molecular complexity index is 817. The molecule has 1 aromatic heterocycles. The van der Waals surface area contributed by atoms with Gasteiger partial charge in [-0.2, -0.15) is 0 Å². The van der Waals surface area contributed by atoms with E-state index in [1.165, 1.54) is 24.3 Å². The molecule has 3 rings (SSSR count). The average molecular weight is 351 g/mol. The molecule has 0 aliphatic heterocycles. The number of hydrogen-bond donors (Lipinski definition) is 1. The Hall–Kier alpha value is -2.21. The minimum atomic E-state index is -0.391. The molecule has 3 aromatic rings. The van der Waals surface area contributed by atoms with Gasteiger partial charge < -0.3 is 10.3 Å². The van der Waals surface area contributed by atoms with Crippen LogP contribution >= 0.6 is 15.9 Å². The molecule has 2 aromatic carbocycles. The van der Waals surface area contributed by atoms with E-state index in [1.54, 1.807) is 18.2 Å². The number of nitrogens with zero attached hydrogens (tertiary/aromatic N) is 1. The first-order valence-corrected chi connectivity index (χ1v) is 6.82. The van der Waals surface area contributed by atoms with Crippen LogP contribution in [0.3, 0.4) is 0 Å². The van der Waals surface area contributed by atoms with Crippen molar-refractivity contribution < 1.29 is 13.3 Å². The van der Waals surface area contributed by atoms with Crippen LogP contribution in [-0.4, -0.2) is 5.16 Å². The van der Waals surface area contributed by atoms with Crippen LogP contribution in [0.5, 0.6) is 0 Å². The van der Waals surface area contributed by atoms with Gasteiger partial charge in [-0.25, -0.2) is 8.78 Å². The lowest BCUT2D eigenvalue weighted by Crippen LogP contribution is -1.89. The van der Waals surface area contributed by atoms with Crippen molar-refractivity contribution in [1.29, 1.82) is 0 Å². The SMILES string of the molecule is Nc1onc(-c2ccc(F)cc2Br)c1-c1cccc(F)c1. The molecule has 0 aliphatic carbocycles. The van der Waals surface area contributed by atoms with Gasteiger partial charge in [-0.05, 0) is 51.8 Å². The van der Waals surface area contributed by atoms with E-state index in [4.69, 9.17) is 10.3 Å². The van der Waals surface area contributed by atoms with E-state index in [1.807, 2.05) is 0 Å². The Balaban J connectivity index is 2.22. The highest BCUT2D eigenvalue weighted by molar-refractivity contribution is 9.10. The predicted molar refractivity (Wildman–Crippen MR) is 79.4 cm³/mol. The minimum Gasteiger partial charge on any atom is -0.367 e. The number of nitrogen functional groups attached to an aromatic ring is 1. The third-order valence-electron chi connectivity index (χ3n) is 3.02. The minimum absolute atomic E-state index is 0.0758. The van der Waals surface area contributed by atoms with Crippen LogP contribution in [0.15, 0.2) is 51.5 Å². The summed E-state index contributed by atoms with van der Waals surface area (Å²) in [7, 11) is 0. The van der Waals surface area contributed by atoms with E-state index in [9.17, 15) is 8.78 Å². The maximum absolute atomic E-state index is 13.4. The Morgan fingerprint density at radius 3 is 2.52 bits per heavy atom. The average Bonchev–Trinajstić information content (AvgIpc) is 2.80. The van der Waals surface area contributed by atoms with Crippen molar-refractivity contribution in [3.05, 3.63) is 58.6 Å². The lowest BCUT2D eigenvalue weighted by molar-refractivity contribution is 0.439. The zero-order chi connectivity index (χ0) is 15.0. The highest BCUT2D eigenvalue weighted by Gasteiger charge is 2.19. The Morgan fingerprint density at radius 2 is 1.81 bits per heavy atom. The van der Waals surface area contributed by atoms with E-state index in [-0.39, 0.29) is 11.7 Å². The van der Waals surface area contributed by atoms with E-state index in [0.29, 0.717) is 26.9 Å². The fourth-order valence-electron chi connectivity index (χ4n) is 2.09. The molecule has 0 saturated carbocycles. The van der Waals surface area contributed by atoms with E-state index in [0.717, 1.165) is 0 Å². The van der Waals surface area contributed by atoms with Crippen molar-refractivity contribution in [3.8, 4) is 22.4 Å². The molecule has 0 radical (unpaired) electrons. The molecule has 3 nitrogen and oxygen atoms in total. The highest BCUT2D eigenvalue weighted by atomic mass is 79.9. The number of halogens is 3. The van der Waals surface area contributed by atoms with Crippen LogP contribution in [0.1, 0.15) is 0 Å². The maximum Gasteiger partial charge on any atom is 0.230 e. The molecule has 0 atom stereocenters. The highest BCUT2D eigenvalue weighted by Crippen LogP contribution is 2.39. The number of rotatable bonds is 2. The summed E-state index contributed by atoms with van der Waals surface area (Å²) in [6.45, 7) is 0. The van der Waals surface area contributed by atoms with Crippen LogP contribution in [0.25, 0.3) is 22.4 Å². The van der Waals surface area contributed by atoms with Gasteiger partial charge in [-0.1, -0.05) is 17.3 Å². The molecule has 21 heavy (non-hydrogen) atoms. The second-order valence-corrected chi connectivity index (χ2v) is 5.26. The molecular weight excluding hydrogens is 342 g/mol. The molecule has 0 fully saturated rings. The van der Waals surface area contributed by atoms with Crippen LogP contribution in [0.2, 0.25) is 0 Å². The topological polar surface area (TPSA) is 52.0 Å². The first kappa shape index (κ1) is 13.8. The third-order valence-corrected chi connectivity index (χ3v) is 3.67. The molecule has 0 amide bonds. The van der Waals surface area contributed by atoms with Gasteiger partial charge in [-0.3, -0.25) is 0 Å². The van der Waals surface area contributed by atoms with Crippen molar-refractivity contribution in [3.63, 3.8) is 0 Å². The molecule has 2 N–H and O–H groups in total. The quantitative estimate of drug-likeness (QED) is 0.732. The van der Waals surface area contributed by atoms with Crippen LogP contribution in [-0.2, 0) is 0 Å². The molecule has 0 saturated heterocycles. The fourth-order valence-corrected chi connectivity index (χ4v) is 2.63. The summed E-state index contributed by atoms with van der Waals surface area (Å²) in [5.74, 6) is -0.696. The zero-order valence-corrected chi connectivity index (χ0v) is 12.2. The standard InChI is InChI=1S/C15H9BrF2N2O/c16-12-7-10(18)4-5-11(12)14-13(15(19)21-20-14)8-2-1-3-9(17)6-8/h1-7H,19H2. The van der Waals surface area contributed by atoms with Crippen LogP contribution in [0, 0.1) is 11.6 Å². The first-order chi connectivity index (χ1) is 10.1. The van der Waals surface area contributed by atoms with Gasteiger partial charge in [0.2, 0.25) is 5.88 Å². The molecule has 0 aliphatic rings. The van der Waals surface area contributed by atoms with Gasteiger partial charge in [0.15, 0.2) is 0 Å². The van der Waals surface area contributed by atoms with Gasteiger partial charge in [0.1, 0.15) is 17.3 Å². The Labute approximate surface area is 127 Å². The summed E-state index contributed by atoms with van der Waals surface area (Å²) >= 11 is 3.28. The van der Waals surface area contributed by atoms with Gasteiger partial charge in [0, 0.05) is 10.0 Å². The predicted octanol–water partition coefficient (Wildman–Crippen LogP) is 4.63. The van der Waals surface area contributed by atoms with Crippen molar-refractivity contribution in [2.24, 2.45) is 0 Å². The van der Waals surface area contributed by atoms with Gasteiger partial charge in [-0.15, -0.1) is 0 Å². The molecule has 0 bridgehead atoms.